The molecule has 0 saturated heterocycles. The van der Waals surface area contributed by atoms with Gasteiger partial charge in [0.25, 0.3) is 5.91 Å². The van der Waals surface area contributed by atoms with Gasteiger partial charge in [0.15, 0.2) is 5.69 Å². The maximum absolute atomic E-state index is 12.0. The van der Waals surface area contributed by atoms with E-state index in [4.69, 9.17) is 5.11 Å². The van der Waals surface area contributed by atoms with Crippen molar-refractivity contribution >= 4 is 11.9 Å². The van der Waals surface area contributed by atoms with Gasteiger partial charge in [-0.05, 0) is 24.5 Å². The summed E-state index contributed by atoms with van der Waals surface area (Å²) >= 11 is 0. The van der Waals surface area contributed by atoms with Crippen LogP contribution < -0.4 is 10.9 Å². The molecule has 1 amide bonds. The second-order valence-corrected chi connectivity index (χ2v) is 6.74. The van der Waals surface area contributed by atoms with Crippen molar-refractivity contribution in [3.05, 3.63) is 60.0 Å². The fraction of sp³-hybridized carbons (Fsp3) is 0.211. The third kappa shape index (κ3) is 3.65. The van der Waals surface area contributed by atoms with Gasteiger partial charge in [-0.15, -0.1) is 5.10 Å². The lowest BCUT2D eigenvalue weighted by atomic mass is 10.1. The molecule has 2 heterocycles. The molecule has 1 aliphatic carbocycles. The molecule has 2 aromatic heterocycles. The standard InChI is InChI=1S/C19H18N6O4/c26-15-8-12(9-20-17(15)18(29)23-21-10-16(27)28)14-11-25(24-22-14)19(6-7-19)13-4-2-1-3-5-13/h1-5,8-9,11,21,26H,6-7,10H2,(H,23,29)(H,27,28). The van der Waals surface area contributed by atoms with E-state index in [1.807, 2.05) is 22.9 Å². The van der Waals surface area contributed by atoms with Gasteiger partial charge in [0.05, 0.1) is 11.7 Å². The quantitative estimate of drug-likeness (QED) is 0.433. The van der Waals surface area contributed by atoms with Crippen LogP contribution in [0.2, 0.25) is 0 Å². The van der Waals surface area contributed by atoms with Crippen molar-refractivity contribution in [3.63, 3.8) is 0 Å². The molecule has 0 radical (unpaired) electrons. The summed E-state index contributed by atoms with van der Waals surface area (Å²) in [7, 11) is 0. The molecule has 4 N–H and O–H groups in total. The lowest BCUT2D eigenvalue weighted by Gasteiger charge is -2.15. The van der Waals surface area contributed by atoms with E-state index in [0.717, 1.165) is 12.8 Å². The lowest BCUT2D eigenvalue weighted by molar-refractivity contribution is -0.136. The second kappa shape index (κ2) is 7.32. The van der Waals surface area contributed by atoms with Gasteiger partial charge in [-0.3, -0.25) is 15.0 Å². The number of carboxylic acid groups (broad SMARTS) is 1. The number of nitrogens with one attached hydrogen (secondary N) is 2. The van der Waals surface area contributed by atoms with Crippen LogP contribution in [0, 0.1) is 0 Å². The van der Waals surface area contributed by atoms with Crippen LogP contribution in [0.5, 0.6) is 5.75 Å². The molecule has 0 aliphatic heterocycles. The molecule has 0 atom stereocenters. The van der Waals surface area contributed by atoms with Crippen molar-refractivity contribution in [1.29, 1.82) is 0 Å². The topological polar surface area (TPSA) is 142 Å². The summed E-state index contributed by atoms with van der Waals surface area (Å²) in [5.74, 6) is -2.24. The van der Waals surface area contributed by atoms with E-state index >= 15 is 0 Å². The Bertz CT molecular complexity index is 1060. The summed E-state index contributed by atoms with van der Waals surface area (Å²) in [4.78, 5) is 26.4. The number of carbonyl (C=O) groups excluding carboxylic acids is 1. The Labute approximate surface area is 165 Å². The fourth-order valence-corrected chi connectivity index (χ4v) is 3.15. The van der Waals surface area contributed by atoms with Gasteiger partial charge < -0.3 is 10.2 Å². The molecule has 148 valence electrons. The summed E-state index contributed by atoms with van der Waals surface area (Å²) in [6.45, 7) is -0.461. The van der Waals surface area contributed by atoms with Crippen molar-refractivity contribution in [2.45, 2.75) is 18.4 Å². The largest absolute Gasteiger partial charge is 0.505 e. The molecule has 1 saturated carbocycles. The molecule has 1 fully saturated rings. The first-order valence-corrected chi connectivity index (χ1v) is 8.92. The zero-order chi connectivity index (χ0) is 20.4. The fourth-order valence-electron chi connectivity index (χ4n) is 3.15. The van der Waals surface area contributed by atoms with Gasteiger partial charge in [0, 0.05) is 11.8 Å². The van der Waals surface area contributed by atoms with E-state index in [1.165, 1.54) is 17.8 Å². The Morgan fingerprint density at radius 1 is 1.21 bits per heavy atom. The molecule has 1 aromatic carbocycles. The second-order valence-electron chi connectivity index (χ2n) is 6.74. The molecule has 4 rings (SSSR count). The highest BCUT2D eigenvalue weighted by Crippen LogP contribution is 2.49. The van der Waals surface area contributed by atoms with Crippen LogP contribution in [0.15, 0.2) is 48.8 Å². The number of carbonyl (C=O) groups is 2. The predicted molar refractivity (Wildman–Crippen MR) is 101 cm³/mol. The minimum Gasteiger partial charge on any atom is -0.505 e. The molecular weight excluding hydrogens is 376 g/mol. The Balaban J connectivity index is 1.52. The third-order valence-electron chi connectivity index (χ3n) is 4.79. The van der Waals surface area contributed by atoms with Crippen molar-refractivity contribution in [3.8, 4) is 17.0 Å². The number of pyridine rings is 1. The summed E-state index contributed by atoms with van der Waals surface area (Å²) < 4.78 is 1.82. The molecular formula is C19H18N6O4. The Morgan fingerprint density at radius 2 is 1.97 bits per heavy atom. The first-order chi connectivity index (χ1) is 14.0. The number of amides is 1. The van der Waals surface area contributed by atoms with E-state index in [0.29, 0.717) is 11.3 Å². The monoisotopic (exact) mass is 394 g/mol. The van der Waals surface area contributed by atoms with Crippen LogP contribution in [0.3, 0.4) is 0 Å². The highest BCUT2D eigenvalue weighted by atomic mass is 16.4. The minimum atomic E-state index is -1.13. The average molecular weight is 394 g/mol. The number of aliphatic carboxylic acids is 1. The van der Waals surface area contributed by atoms with Crippen molar-refractivity contribution in [2.75, 3.05) is 6.54 Å². The van der Waals surface area contributed by atoms with Gasteiger partial charge in [0.1, 0.15) is 18.0 Å². The number of aromatic nitrogens is 4. The maximum Gasteiger partial charge on any atom is 0.319 e. The van der Waals surface area contributed by atoms with Crippen LogP contribution in [-0.4, -0.2) is 48.6 Å². The zero-order valence-corrected chi connectivity index (χ0v) is 15.2. The normalized spacial score (nSPS) is 14.3. The van der Waals surface area contributed by atoms with Crippen molar-refractivity contribution in [1.82, 2.24) is 30.8 Å². The Morgan fingerprint density at radius 3 is 2.62 bits per heavy atom. The first kappa shape index (κ1) is 18.6. The van der Waals surface area contributed by atoms with Crippen LogP contribution in [0.1, 0.15) is 28.9 Å². The smallest absolute Gasteiger partial charge is 0.319 e. The summed E-state index contributed by atoms with van der Waals surface area (Å²) in [5, 5.41) is 27.2. The summed E-state index contributed by atoms with van der Waals surface area (Å²) in [6.07, 6.45) is 5.13. The number of nitrogens with zero attached hydrogens (tertiary/aromatic N) is 4. The summed E-state index contributed by atoms with van der Waals surface area (Å²) in [6, 6.07) is 11.4. The van der Waals surface area contributed by atoms with Gasteiger partial charge in [0.2, 0.25) is 0 Å². The van der Waals surface area contributed by atoms with Crippen LogP contribution in [0.25, 0.3) is 11.3 Å². The lowest BCUT2D eigenvalue weighted by Crippen LogP contribution is -2.40. The molecule has 29 heavy (non-hydrogen) atoms. The Hall–Kier alpha value is -3.79. The molecule has 0 unspecified atom stereocenters. The van der Waals surface area contributed by atoms with E-state index in [1.54, 1.807) is 6.20 Å². The average Bonchev–Trinajstić information content (AvgIpc) is 3.37. The number of hydrogen-bond acceptors (Lipinski definition) is 7. The van der Waals surface area contributed by atoms with E-state index in [9.17, 15) is 14.7 Å². The maximum atomic E-state index is 12.0. The van der Waals surface area contributed by atoms with Crippen molar-refractivity contribution in [2.24, 2.45) is 0 Å². The highest BCUT2D eigenvalue weighted by molar-refractivity contribution is 5.95. The van der Waals surface area contributed by atoms with Crippen LogP contribution in [0.4, 0.5) is 0 Å². The van der Waals surface area contributed by atoms with E-state index in [2.05, 4.69) is 38.3 Å². The number of hydrogen-bond donors (Lipinski definition) is 4. The molecule has 10 heteroatoms. The number of carboxylic acids is 1. The summed E-state index contributed by atoms with van der Waals surface area (Å²) in [5.41, 5.74) is 6.14. The molecule has 0 spiro atoms. The molecule has 1 aliphatic rings. The number of rotatable bonds is 7. The SMILES string of the molecule is O=C(O)CNNC(=O)c1ncc(-c2cn(C3(c4ccccc4)CC3)nn2)cc1O. The number of hydrazine groups is 1. The molecule has 0 bridgehead atoms. The van der Waals surface area contributed by atoms with Crippen molar-refractivity contribution < 1.29 is 19.8 Å². The zero-order valence-electron chi connectivity index (χ0n) is 15.2. The van der Waals surface area contributed by atoms with Crippen LogP contribution in [-0.2, 0) is 10.3 Å². The van der Waals surface area contributed by atoms with Gasteiger partial charge >= 0.3 is 5.97 Å². The predicted octanol–water partition coefficient (Wildman–Crippen LogP) is 0.902. The van der Waals surface area contributed by atoms with Gasteiger partial charge in [-0.2, -0.15) is 0 Å². The third-order valence-corrected chi connectivity index (χ3v) is 4.79. The van der Waals surface area contributed by atoms with E-state index < -0.39 is 18.4 Å². The first-order valence-electron chi connectivity index (χ1n) is 8.92. The van der Waals surface area contributed by atoms with E-state index in [-0.39, 0.29) is 17.0 Å². The van der Waals surface area contributed by atoms with Gasteiger partial charge in [-0.1, -0.05) is 35.5 Å². The highest BCUT2D eigenvalue weighted by Gasteiger charge is 2.47. The molecule has 10 nitrogen and oxygen atoms in total. The molecule has 3 aromatic rings. The minimum absolute atomic E-state index is 0.197. The van der Waals surface area contributed by atoms with Gasteiger partial charge in [-0.25, -0.2) is 15.1 Å². The Kier molecular flexibility index (Phi) is 4.69. The van der Waals surface area contributed by atoms with Crippen LogP contribution >= 0.6 is 0 Å². The number of benzene rings is 1. The number of aromatic hydroxyl groups is 1.